The first kappa shape index (κ1) is 15.1. The van der Waals surface area contributed by atoms with E-state index in [0.29, 0.717) is 12.3 Å². The van der Waals surface area contributed by atoms with Crippen LogP contribution < -0.4 is 4.74 Å². The third kappa shape index (κ3) is 2.74. The van der Waals surface area contributed by atoms with Crippen molar-refractivity contribution in [3.63, 3.8) is 0 Å². The molecule has 0 aliphatic carbocycles. The van der Waals surface area contributed by atoms with Crippen LogP contribution in [0.4, 0.5) is 0 Å². The van der Waals surface area contributed by atoms with Gasteiger partial charge in [0.15, 0.2) is 0 Å². The van der Waals surface area contributed by atoms with Crippen molar-refractivity contribution in [2.75, 3.05) is 13.7 Å². The summed E-state index contributed by atoms with van der Waals surface area (Å²) in [6.45, 7) is 0.517. The van der Waals surface area contributed by atoms with Gasteiger partial charge in [-0.1, -0.05) is 12.5 Å². The molecule has 1 aromatic carbocycles. The molecule has 0 bridgehead atoms. The maximum absolute atomic E-state index is 13.0. The molecule has 22 heavy (non-hydrogen) atoms. The number of aromatic nitrogens is 2. The summed E-state index contributed by atoms with van der Waals surface area (Å²) in [7, 11) is -2.04. The number of nitrogens with zero attached hydrogens (tertiary/aromatic N) is 2. The molecule has 1 atom stereocenters. The van der Waals surface area contributed by atoms with Crippen LogP contribution in [-0.2, 0) is 10.0 Å². The van der Waals surface area contributed by atoms with E-state index in [1.165, 1.54) is 7.11 Å². The SMILES string of the molecule is COc1cccc(S(=O)(=O)N2CCCCC2c2ccn[nH]2)c1. The Bertz CT molecular complexity index is 728. The van der Waals surface area contributed by atoms with Gasteiger partial charge in [-0.3, -0.25) is 5.10 Å². The van der Waals surface area contributed by atoms with Gasteiger partial charge in [-0.15, -0.1) is 0 Å². The highest BCUT2D eigenvalue weighted by atomic mass is 32.2. The molecule has 0 amide bonds. The normalized spacial score (nSPS) is 20.0. The second-order valence-corrected chi connectivity index (χ2v) is 7.21. The van der Waals surface area contributed by atoms with Gasteiger partial charge in [-0.2, -0.15) is 9.40 Å². The Morgan fingerprint density at radius 3 is 2.91 bits per heavy atom. The van der Waals surface area contributed by atoms with Crippen molar-refractivity contribution in [3.8, 4) is 5.75 Å². The van der Waals surface area contributed by atoms with Crippen LogP contribution in [0.2, 0.25) is 0 Å². The molecule has 0 saturated carbocycles. The number of methoxy groups -OCH3 is 1. The molecule has 6 nitrogen and oxygen atoms in total. The van der Waals surface area contributed by atoms with E-state index in [4.69, 9.17) is 4.74 Å². The molecule has 118 valence electrons. The number of ether oxygens (including phenoxy) is 1. The number of benzene rings is 1. The molecule has 7 heteroatoms. The predicted octanol–water partition coefficient (Wildman–Crippen LogP) is 2.33. The predicted molar refractivity (Wildman–Crippen MR) is 82.1 cm³/mol. The summed E-state index contributed by atoms with van der Waals surface area (Å²) in [6, 6.07) is 8.25. The fourth-order valence-electron chi connectivity index (χ4n) is 2.85. The van der Waals surface area contributed by atoms with E-state index in [9.17, 15) is 8.42 Å². The van der Waals surface area contributed by atoms with E-state index < -0.39 is 10.0 Å². The molecule has 0 radical (unpaired) electrons. The van der Waals surface area contributed by atoms with Gasteiger partial charge in [0.05, 0.1) is 23.7 Å². The molecule has 1 saturated heterocycles. The first-order valence-corrected chi connectivity index (χ1v) is 8.72. The van der Waals surface area contributed by atoms with E-state index in [1.807, 2.05) is 6.07 Å². The summed E-state index contributed by atoms with van der Waals surface area (Å²) in [4.78, 5) is 0.262. The summed E-state index contributed by atoms with van der Waals surface area (Å²) in [5.74, 6) is 0.538. The second-order valence-electron chi connectivity index (χ2n) is 5.32. The summed E-state index contributed by atoms with van der Waals surface area (Å²) in [5.41, 5.74) is 0.839. The van der Waals surface area contributed by atoms with Crippen LogP contribution in [0.15, 0.2) is 41.4 Å². The molecule has 1 fully saturated rings. The summed E-state index contributed by atoms with van der Waals surface area (Å²) in [5, 5.41) is 6.85. The molecule has 2 heterocycles. The minimum atomic E-state index is -3.56. The van der Waals surface area contributed by atoms with E-state index in [1.54, 1.807) is 34.8 Å². The fourth-order valence-corrected chi connectivity index (χ4v) is 4.56. The molecule has 0 spiro atoms. The van der Waals surface area contributed by atoms with Crippen molar-refractivity contribution in [1.29, 1.82) is 0 Å². The number of nitrogens with one attached hydrogen (secondary N) is 1. The standard InChI is InChI=1S/C15H19N3O3S/c1-21-12-5-4-6-13(11-12)22(19,20)18-10-3-2-7-15(18)14-8-9-16-17-14/h4-6,8-9,11,15H,2-3,7,10H2,1H3,(H,16,17). The Morgan fingerprint density at radius 1 is 1.32 bits per heavy atom. The van der Waals surface area contributed by atoms with Crippen molar-refractivity contribution in [2.45, 2.75) is 30.2 Å². The summed E-state index contributed by atoms with van der Waals surface area (Å²) < 4.78 is 32.7. The number of hydrogen-bond donors (Lipinski definition) is 1. The van der Waals surface area contributed by atoms with E-state index >= 15 is 0 Å². The second kappa shape index (κ2) is 6.10. The molecule has 1 N–H and O–H groups in total. The maximum atomic E-state index is 13.0. The van der Waals surface area contributed by atoms with Gasteiger partial charge in [0, 0.05) is 18.8 Å². The Labute approximate surface area is 130 Å². The Morgan fingerprint density at radius 2 is 2.18 bits per heavy atom. The summed E-state index contributed by atoms with van der Waals surface area (Å²) >= 11 is 0. The first-order chi connectivity index (χ1) is 10.6. The highest BCUT2D eigenvalue weighted by molar-refractivity contribution is 7.89. The van der Waals surface area contributed by atoms with Crippen LogP contribution in [0.1, 0.15) is 31.0 Å². The van der Waals surface area contributed by atoms with E-state index in [-0.39, 0.29) is 10.9 Å². The van der Waals surface area contributed by atoms with Crippen molar-refractivity contribution in [1.82, 2.24) is 14.5 Å². The fraction of sp³-hybridized carbons (Fsp3) is 0.400. The smallest absolute Gasteiger partial charge is 0.243 e. The molecule has 2 aromatic rings. The largest absolute Gasteiger partial charge is 0.497 e. The lowest BCUT2D eigenvalue weighted by Gasteiger charge is -2.34. The van der Waals surface area contributed by atoms with Crippen molar-refractivity contribution < 1.29 is 13.2 Å². The average Bonchev–Trinajstić information content (AvgIpc) is 3.09. The van der Waals surface area contributed by atoms with E-state index in [2.05, 4.69) is 10.2 Å². The lowest BCUT2D eigenvalue weighted by Crippen LogP contribution is -2.38. The van der Waals surface area contributed by atoms with Crippen molar-refractivity contribution in [3.05, 3.63) is 42.2 Å². The quantitative estimate of drug-likeness (QED) is 0.938. The van der Waals surface area contributed by atoms with Crippen LogP contribution >= 0.6 is 0 Å². The number of sulfonamides is 1. The molecule has 1 unspecified atom stereocenters. The number of H-pyrrole nitrogens is 1. The highest BCUT2D eigenvalue weighted by Crippen LogP contribution is 2.35. The van der Waals surface area contributed by atoms with Gasteiger partial charge < -0.3 is 4.74 Å². The Kier molecular flexibility index (Phi) is 4.17. The van der Waals surface area contributed by atoms with Gasteiger partial charge >= 0.3 is 0 Å². The molecule has 1 aliphatic rings. The monoisotopic (exact) mass is 321 g/mol. The van der Waals surface area contributed by atoms with Crippen LogP contribution in [0.5, 0.6) is 5.75 Å². The molecular formula is C15H19N3O3S. The van der Waals surface area contributed by atoms with Crippen LogP contribution in [-0.4, -0.2) is 36.6 Å². The minimum Gasteiger partial charge on any atom is -0.497 e. The summed E-state index contributed by atoms with van der Waals surface area (Å²) in [6.07, 6.45) is 4.33. The maximum Gasteiger partial charge on any atom is 0.243 e. The lowest BCUT2D eigenvalue weighted by molar-refractivity contribution is 0.251. The topological polar surface area (TPSA) is 75.3 Å². The number of rotatable bonds is 4. The van der Waals surface area contributed by atoms with Crippen molar-refractivity contribution in [2.24, 2.45) is 0 Å². The van der Waals surface area contributed by atoms with Gasteiger partial charge in [-0.05, 0) is 31.0 Å². The zero-order valence-corrected chi connectivity index (χ0v) is 13.2. The van der Waals surface area contributed by atoms with E-state index in [0.717, 1.165) is 25.0 Å². The van der Waals surface area contributed by atoms with Crippen LogP contribution in [0.25, 0.3) is 0 Å². The third-order valence-electron chi connectivity index (χ3n) is 3.98. The zero-order valence-electron chi connectivity index (χ0n) is 12.4. The molecule has 1 aliphatic heterocycles. The lowest BCUT2D eigenvalue weighted by atomic mass is 10.0. The van der Waals surface area contributed by atoms with Gasteiger partial charge in [-0.25, -0.2) is 8.42 Å². The Balaban J connectivity index is 1.98. The number of hydrogen-bond acceptors (Lipinski definition) is 4. The Hall–Kier alpha value is -1.86. The van der Waals surface area contributed by atoms with Gasteiger partial charge in [0.25, 0.3) is 0 Å². The van der Waals surface area contributed by atoms with Gasteiger partial charge in [0.1, 0.15) is 5.75 Å². The molecule has 3 rings (SSSR count). The number of aromatic amines is 1. The minimum absolute atomic E-state index is 0.188. The number of piperidine rings is 1. The van der Waals surface area contributed by atoms with Gasteiger partial charge in [0.2, 0.25) is 10.0 Å². The van der Waals surface area contributed by atoms with Crippen LogP contribution in [0, 0.1) is 0 Å². The van der Waals surface area contributed by atoms with Crippen molar-refractivity contribution >= 4 is 10.0 Å². The highest BCUT2D eigenvalue weighted by Gasteiger charge is 2.35. The van der Waals surface area contributed by atoms with Crippen LogP contribution in [0.3, 0.4) is 0 Å². The molecule has 1 aromatic heterocycles. The first-order valence-electron chi connectivity index (χ1n) is 7.28. The third-order valence-corrected chi connectivity index (χ3v) is 5.89. The average molecular weight is 321 g/mol. The molecular weight excluding hydrogens is 302 g/mol. The zero-order chi connectivity index (χ0) is 15.6.